The van der Waals surface area contributed by atoms with Crippen LogP contribution in [0.1, 0.15) is 75.1 Å². The van der Waals surface area contributed by atoms with Crippen molar-refractivity contribution >= 4 is 24.1 Å². The summed E-state index contributed by atoms with van der Waals surface area (Å²) in [6, 6.07) is 4.97. The first kappa shape index (κ1) is 23.3. The quantitative estimate of drug-likeness (QED) is 0.566. The average molecular weight is 391 g/mol. The Labute approximate surface area is 165 Å². The molecule has 0 saturated heterocycles. The predicted octanol–water partition coefficient (Wildman–Crippen LogP) is 3.06. The second-order valence-electron chi connectivity index (χ2n) is 8.42. The number of esters is 2. The lowest BCUT2D eigenvalue weighted by Crippen LogP contribution is -2.44. The largest absolute Gasteiger partial charge is 0.460 e. The number of aldehydes is 1. The van der Waals surface area contributed by atoms with Gasteiger partial charge in [0.2, 0.25) is 0 Å². The molecule has 0 heterocycles. The van der Waals surface area contributed by atoms with Crippen molar-refractivity contribution < 1.29 is 28.7 Å². The topological polar surface area (TPSA) is 98.8 Å². The van der Waals surface area contributed by atoms with E-state index in [2.05, 4.69) is 5.32 Å². The Morgan fingerprint density at radius 3 is 1.96 bits per heavy atom. The van der Waals surface area contributed by atoms with Crippen molar-refractivity contribution in [2.75, 3.05) is 0 Å². The average Bonchev–Trinajstić information content (AvgIpc) is 2.55. The number of nitrogens with one attached hydrogen (secondary N) is 1. The normalized spacial score (nSPS) is 12.6. The highest BCUT2D eigenvalue weighted by Crippen LogP contribution is 2.14. The molecular formula is C21H29NO6. The number of carbonyl (C=O) groups excluding carboxylic acids is 4. The molecule has 0 aliphatic carbocycles. The maximum atomic E-state index is 12.5. The fourth-order valence-electron chi connectivity index (χ4n) is 2.23. The fraction of sp³-hybridized carbons (Fsp3) is 0.524. The Hall–Kier alpha value is -2.70. The minimum absolute atomic E-state index is 0.0436. The van der Waals surface area contributed by atoms with E-state index in [1.165, 1.54) is 24.3 Å². The third-order valence-corrected chi connectivity index (χ3v) is 3.36. The van der Waals surface area contributed by atoms with Crippen LogP contribution in [-0.4, -0.2) is 41.4 Å². The first-order valence-electron chi connectivity index (χ1n) is 9.11. The van der Waals surface area contributed by atoms with E-state index in [4.69, 9.17) is 9.47 Å². The van der Waals surface area contributed by atoms with E-state index < -0.39 is 35.1 Å². The van der Waals surface area contributed by atoms with Gasteiger partial charge < -0.3 is 14.8 Å². The summed E-state index contributed by atoms with van der Waals surface area (Å²) in [5.41, 5.74) is -0.652. The molecule has 0 aromatic heterocycles. The first-order valence-corrected chi connectivity index (χ1v) is 9.11. The molecule has 154 valence electrons. The lowest BCUT2D eigenvalue weighted by Gasteiger charge is -2.25. The van der Waals surface area contributed by atoms with E-state index in [0.29, 0.717) is 11.8 Å². The highest BCUT2D eigenvalue weighted by molar-refractivity contribution is 5.97. The minimum atomic E-state index is -1.01. The summed E-state index contributed by atoms with van der Waals surface area (Å²) in [4.78, 5) is 47.7. The maximum absolute atomic E-state index is 12.5. The van der Waals surface area contributed by atoms with Crippen LogP contribution in [0.3, 0.4) is 0 Å². The Balaban J connectivity index is 2.86. The second kappa shape index (κ2) is 9.48. The van der Waals surface area contributed by atoms with Gasteiger partial charge in [-0.2, -0.15) is 0 Å². The van der Waals surface area contributed by atoms with Gasteiger partial charge >= 0.3 is 11.9 Å². The van der Waals surface area contributed by atoms with Gasteiger partial charge in [0, 0.05) is 17.5 Å². The molecule has 0 saturated carbocycles. The van der Waals surface area contributed by atoms with Gasteiger partial charge in [-0.1, -0.05) is 12.1 Å². The molecule has 0 spiro atoms. The van der Waals surface area contributed by atoms with Crippen molar-refractivity contribution in [2.45, 2.75) is 71.6 Å². The number of hydrogen-bond acceptors (Lipinski definition) is 6. The van der Waals surface area contributed by atoms with E-state index in [-0.39, 0.29) is 18.4 Å². The Kier molecular flexibility index (Phi) is 7.90. The molecule has 0 aliphatic rings. The fourth-order valence-corrected chi connectivity index (χ4v) is 2.23. The summed E-state index contributed by atoms with van der Waals surface area (Å²) in [7, 11) is 0. The van der Waals surface area contributed by atoms with Crippen LogP contribution in [0.2, 0.25) is 0 Å². The maximum Gasteiger partial charge on any atom is 0.329 e. The van der Waals surface area contributed by atoms with Gasteiger partial charge in [0.25, 0.3) is 5.91 Å². The molecule has 28 heavy (non-hydrogen) atoms. The molecule has 1 unspecified atom stereocenters. The first-order chi connectivity index (χ1) is 12.8. The van der Waals surface area contributed by atoms with Crippen molar-refractivity contribution in [1.82, 2.24) is 5.32 Å². The molecule has 1 aromatic carbocycles. The number of rotatable bonds is 7. The second-order valence-corrected chi connectivity index (χ2v) is 8.42. The van der Waals surface area contributed by atoms with Crippen LogP contribution < -0.4 is 5.32 Å². The Morgan fingerprint density at radius 1 is 0.964 bits per heavy atom. The zero-order valence-corrected chi connectivity index (χ0v) is 17.3. The SMILES string of the molecule is CC(C)(C)OC(=O)CCC(NC(=O)c1ccc(C=O)cc1)C(=O)OC(C)(C)C. The van der Waals surface area contributed by atoms with E-state index in [0.717, 1.165) is 0 Å². The van der Waals surface area contributed by atoms with E-state index in [9.17, 15) is 19.2 Å². The molecule has 1 rings (SSSR count). The zero-order valence-electron chi connectivity index (χ0n) is 17.3. The summed E-state index contributed by atoms with van der Waals surface area (Å²) in [6.45, 7) is 10.4. The van der Waals surface area contributed by atoms with Crippen molar-refractivity contribution in [3.05, 3.63) is 35.4 Å². The number of amides is 1. The van der Waals surface area contributed by atoms with Crippen LogP contribution in [-0.2, 0) is 19.1 Å². The van der Waals surface area contributed by atoms with Gasteiger partial charge in [-0.05, 0) is 60.1 Å². The van der Waals surface area contributed by atoms with Crippen LogP contribution in [0, 0.1) is 0 Å². The van der Waals surface area contributed by atoms with Crippen LogP contribution >= 0.6 is 0 Å². The molecule has 0 radical (unpaired) electrons. The highest BCUT2D eigenvalue weighted by atomic mass is 16.6. The van der Waals surface area contributed by atoms with E-state index >= 15 is 0 Å². The van der Waals surface area contributed by atoms with Gasteiger partial charge in [0.1, 0.15) is 23.5 Å². The molecule has 1 atom stereocenters. The van der Waals surface area contributed by atoms with Crippen molar-refractivity contribution in [1.29, 1.82) is 0 Å². The van der Waals surface area contributed by atoms with Crippen LogP contribution in [0.5, 0.6) is 0 Å². The number of benzene rings is 1. The highest BCUT2D eigenvalue weighted by Gasteiger charge is 2.28. The lowest BCUT2D eigenvalue weighted by molar-refractivity contribution is -0.158. The third kappa shape index (κ3) is 8.79. The summed E-state index contributed by atoms with van der Waals surface area (Å²) in [5.74, 6) is -1.60. The number of carbonyl (C=O) groups is 4. The van der Waals surface area contributed by atoms with Crippen molar-refractivity contribution in [3.8, 4) is 0 Å². The smallest absolute Gasteiger partial charge is 0.329 e. The molecule has 7 heteroatoms. The predicted molar refractivity (Wildman–Crippen MR) is 104 cm³/mol. The van der Waals surface area contributed by atoms with E-state index in [1.54, 1.807) is 41.5 Å². The number of hydrogen-bond donors (Lipinski definition) is 1. The number of ether oxygens (including phenoxy) is 2. The molecule has 1 N–H and O–H groups in total. The van der Waals surface area contributed by atoms with Crippen molar-refractivity contribution in [3.63, 3.8) is 0 Å². The van der Waals surface area contributed by atoms with Gasteiger partial charge in [-0.3, -0.25) is 14.4 Å². The molecular weight excluding hydrogens is 362 g/mol. The van der Waals surface area contributed by atoms with Crippen LogP contribution in [0.4, 0.5) is 0 Å². The zero-order chi connectivity index (χ0) is 21.5. The summed E-state index contributed by atoms with van der Waals surface area (Å²) in [6.07, 6.45) is 0.666. The van der Waals surface area contributed by atoms with Gasteiger partial charge in [-0.15, -0.1) is 0 Å². The van der Waals surface area contributed by atoms with Gasteiger partial charge in [0.15, 0.2) is 0 Å². The van der Waals surface area contributed by atoms with Crippen LogP contribution in [0.15, 0.2) is 24.3 Å². The molecule has 1 amide bonds. The standard InChI is InChI=1S/C21H29NO6/c1-20(2,3)27-17(24)12-11-16(19(26)28-21(4,5)6)22-18(25)15-9-7-14(13-23)8-10-15/h7-10,13,16H,11-12H2,1-6H3,(H,22,25). The molecule has 1 aromatic rings. The Bertz CT molecular complexity index is 710. The third-order valence-electron chi connectivity index (χ3n) is 3.36. The Morgan fingerprint density at radius 2 is 1.50 bits per heavy atom. The molecule has 0 fully saturated rings. The molecule has 0 bridgehead atoms. The minimum Gasteiger partial charge on any atom is -0.460 e. The summed E-state index contributed by atoms with van der Waals surface area (Å²) in [5, 5.41) is 2.60. The molecule has 0 aliphatic heterocycles. The van der Waals surface area contributed by atoms with Gasteiger partial charge in [-0.25, -0.2) is 4.79 Å². The summed E-state index contributed by atoms with van der Waals surface area (Å²) < 4.78 is 10.6. The van der Waals surface area contributed by atoms with E-state index in [1.807, 2.05) is 0 Å². The van der Waals surface area contributed by atoms with Crippen LogP contribution in [0.25, 0.3) is 0 Å². The van der Waals surface area contributed by atoms with Crippen molar-refractivity contribution in [2.24, 2.45) is 0 Å². The summed E-state index contributed by atoms with van der Waals surface area (Å²) >= 11 is 0. The van der Waals surface area contributed by atoms with Gasteiger partial charge in [0.05, 0.1) is 0 Å². The lowest BCUT2D eigenvalue weighted by atomic mass is 10.1. The molecule has 7 nitrogen and oxygen atoms in total. The monoisotopic (exact) mass is 391 g/mol.